The first-order valence-electron chi connectivity index (χ1n) is 7.31. The van der Waals surface area contributed by atoms with Gasteiger partial charge >= 0.3 is 0 Å². The summed E-state index contributed by atoms with van der Waals surface area (Å²) in [6.45, 7) is 7.22. The van der Waals surface area contributed by atoms with E-state index in [2.05, 4.69) is 34.0 Å². The fourth-order valence-electron chi connectivity index (χ4n) is 2.60. The van der Waals surface area contributed by atoms with E-state index in [-0.39, 0.29) is 23.5 Å². The Bertz CT molecular complexity index is 601. The Labute approximate surface area is 126 Å². The van der Waals surface area contributed by atoms with Crippen LogP contribution in [0.1, 0.15) is 38.2 Å². The third-order valence-corrected chi connectivity index (χ3v) is 5.50. The number of nitrogens with zero attached hydrogens (tertiary/aromatic N) is 3. The lowest BCUT2D eigenvalue weighted by atomic mass is 10.2. The van der Waals surface area contributed by atoms with Crippen molar-refractivity contribution in [3.8, 4) is 0 Å². The molecular formula is C14H24N4O2S. The summed E-state index contributed by atoms with van der Waals surface area (Å²) >= 11 is 0. The quantitative estimate of drug-likeness (QED) is 0.892. The normalized spacial score (nSPS) is 21.8. The van der Waals surface area contributed by atoms with Gasteiger partial charge in [0.25, 0.3) is 0 Å². The zero-order valence-electron chi connectivity index (χ0n) is 13.1. The molecule has 1 aliphatic heterocycles. The Balaban J connectivity index is 2.34. The number of hydrogen-bond donors (Lipinski definition) is 1. The van der Waals surface area contributed by atoms with Crippen molar-refractivity contribution in [3.63, 3.8) is 0 Å². The molecule has 118 valence electrons. The zero-order chi connectivity index (χ0) is 15.6. The minimum Gasteiger partial charge on any atom is -0.364 e. The van der Waals surface area contributed by atoms with Gasteiger partial charge in [0, 0.05) is 25.0 Å². The molecular weight excluding hydrogens is 288 g/mol. The third-order valence-electron chi connectivity index (χ3n) is 3.70. The summed E-state index contributed by atoms with van der Waals surface area (Å²) in [4.78, 5) is 11.2. The maximum Gasteiger partial charge on any atom is 0.154 e. The van der Waals surface area contributed by atoms with Crippen LogP contribution in [-0.2, 0) is 16.4 Å². The van der Waals surface area contributed by atoms with Crippen LogP contribution in [0, 0.1) is 0 Å². The van der Waals surface area contributed by atoms with Crippen LogP contribution in [-0.4, -0.2) is 49.5 Å². The van der Waals surface area contributed by atoms with Crippen LogP contribution in [0.2, 0.25) is 0 Å². The van der Waals surface area contributed by atoms with Gasteiger partial charge in [0.1, 0.15) is 5.82 Å². The van der Waals surface area contributed by atoms with Gasteiger partial charge in [0.2, 0.25) is 0 Å². The standard InChI is InChI=1S/C14H24N4O2S/c1-10(2)14-16-8-13(12(17-14)7-15-4)18-5-6-21(19,20)9-11(18)3/h8,10-11,15H,5-7,9H2,1-4H3. The van der Waals surface area contributed by atoms with E-state index in [1.54, 1.807) is 0 Å². The first kappa shape index (κ1) is 16.2. The maximum absolute atomic E-state index is 11.7. The number of nitrogens with one attached hydrogen (secondary N) is 1. The number of anilines is 1. The van der Waals surface area contributed by atoms with E-state index in [4.69, 9.17) is 0 Å². The van der Waals surface area contributed by atoms with Crippen molar-refractivity contribution in [2.75, 3.05) is 30.0 Å². The maximum atomic E-state index is 11.7. The van der Waals surface area contributed by atoms with Gasteiger partial charge in [-0.05, 0) is 14.0 Å². The van der Waals surface area contributed by atoms with Gasteiger partial charge in [0.15, 0.2) is 9.84 Å². The average Bonchev–Trinajstić information content (AvgIpc) is 2.38. The Kier molecular flexibility index (Phi) is 4.83. The van der Waals surface area contributed by atoms with Gasteiger partial charge in [-0.15, -0.1) is 0 Å². The molecule has 6 nitrogen and oxygen atoms in total. The Morgan fingerprint density at radius 1 is 1.48 bits per heavy atom. The molecule has 2 rings (SSSR count). The van der Waals surface area contributed by atoms with Crippen molar-refractivity contribution in [1.29, 1.82) is 0 Å². The summed E-state index contributed by atoms with van der Waals surface area (Å²) in [5.41, 5.74) is 1.87. The van der Waals surface area contributed by atoms with Crippen LogP contribution < -0.4 is 10.2 Å². The van der Waals surface area contributed by atoms with Crippen LogP contribution in [0.5, 0.6) is 0 Å². The van der Waals surface area contributed by atoms with Gasteiger partial charge in [-0.1, -0.05) is 13.8 Å². The van der Waals surface area contributed by atoms with Crippen LogP contribution in [0.4, 0.5) is 5.69 Å². The number of aromatic nitrogens is 2. The summed E-state index contributed by atoms with van der Waals surface area (Å²) in [5, 5.41) is 3.13. The van der Waals surface area contributed by atoms with E-state index >= 15 is 0 Å². The van der Waals surface area contributed by atoms with Gasteiger partial charge in [0.05, 0.1) is 29.1 Å². The van der Waals surface area contributed by atoms with Gasteiger partial charge in [-0.3, -0.25) is 0 Å². The van der Waals surface area contributed by atoms with Crippen molar-refractivity contribution < 1.29 is 8.42 Å². The lowest BCUT2D eigenvalue weighted by molar-refractivity contribution is 0.566. The first-order valence-corrected chi connectivity index (χ1v) is 9.13. The molecule has 1 atom stereocenters. The molecule has 1 N–H and O–H groups in total. The Morgan fingerprint density at radius 3 is 2.76 bits per heavy atom. The molecule has 1 aromatic rings. The second kappa shape index (κ2) is 6.27. The van der Waals surface area contributed by atoms with Crippen LogP contribution in [0.3, 0.4) is 0 Å². The van der Waals surface area contributed by atoms with Crippen molar-refractivity contribution in [1.82, 2.24) is 15.3 Å². The van der Waals surface area contributed by atoms with E-state index in [9.17, 15) is 8.42 Å². The van der Waals surface area contributed by atoms with E-state index in [1.807, 2.05) is 20.2 Å². The third kappa shape index (κ3) is 3.71. The number of sulfone groups is 1. The molecule has 1 fully saturated rings. The van der Waals surface area contributed by atoms with Crippen LogP contribution >= 0.6 is 0 Å². The van der Waals surface area contributed by atoms with Gasteiger partial charge in [-0.2, -0.15) is 0 Å². The van der Waals surface area contributed by atoms with E-state index in [1.165, 1.54) is 0 Å². The van der Waals surface area contributed by atoms with E-state index < -0.39 is 9.84 Å². The number of rotatable bonds is 4. The fourth-order valence-corrected chi connectivity index (χ4v) is 4.15. The lowest BCUT2D eigenvalue weighted by Gasteiger charge is -2.35. The monoisotopic (exact) mass is 312 g/mol. The molecule has 1 unspecified atom stereocenters. The highest BCUT2D eigenvalue weighted by molar-refractivity contribution is 7.91. The highest BCUT2D eigenvalue weighted by Gasteiger charge is 2.30. The predicted octanol–water partition coefficient (Wildman–Crippen LogP) is 0.943. The summed E-state index contributed by atoms with van der Waals surface area (Å²) in [5.74, 6) is 1.48. The minimum atomic E-state index is -2.92. The van der Waals surface area contributed by atoms with Crippen molar-refractivity contribution in [3.05, 3.63) is 17.7 Å². The molecule has 0 aliphatic carbocycles. The topological polar surface area (TPSA) is 75.2 Å². The van der Waals surface area contributed by atoms with E-state index in [0.717, 1.165) is 17.2 Å². The first-order chi connectivity index (χ1) is 9.84. The smallest absolute Gasteiger partial charge is 0.154 e. The largest absolute Gasteiger partial charge is 0.364 e. The molecule has 1 aliphatic rings. The molecule has 0 radical (unpaired) electrons. The van der Waals surface area contributed by atoms with Crippen molar-refractivity contribution in [2.45, 2.75) is 39.3 Å². The Morgan fingerprint density at radius 2 is 2.19 bits per heavy atom. The molecule has 0 saturated carbocycles. The summed E-state index contributed by atoms with van der Waals surface area (Å²) < 4.78 is 23.4. The molecule has 0 amide bonds. The minimum absolute atomic E-state index is 0.0483. The summed E-state index contributed by atoms with van der Waals surface area (Å²) in [6.07, 6.45) is 1.84. The molecule has 2 heterocycles. The summed E-state index contributed by atoms with van der Waals surface area (Å²) in [7, 11) is -1.04. The molecule has 1 aromatic heterocycles. The van der Waals surface area contributed by atoms with Crippen LogP contribution in [0.15, 0.2) is 6.20 Å². The molecule has 0 bridgehead atoms. The average molecular weight is 312 g/mol. The highest BCUT2D eigenvalue weighted by Crippen LogP contribution is 2.25. The number of hydrogen-bond acceptors (Lipinski definition) is 6. The van der Waals surface area contributed by atoms with Crippen molar-refractivity contribution in [2.24, 2.45) is 0 Å². The Hall–Kier alpha value is -1.21. The second-order valence-corrected chi connectivity index (χ2v) is 8.13. The SMILES string of the molecule is CNCc1nc(C(C)C)ncc1N1CCS(=O)(=O)CC1C. The summed E-state index contributed by atoms with van der Waals surface area (Å²) in [6, 6.07) is -0.0483. The fraction of sp³-hybridized carbons (Fsp3) is 0.714. The van der Waals surface area contributed by atoms with Crippen molar-refractivity contribution >= 4 is 15.5 Å². The van der Waals surface area contributed by atoms with E-state index in [0.29, 0.717) is 13.1 Å². The molecule has 7 heteroatoms. The van der Waals surface area contributed by atoms with Crippen LogP contribution in [0.25, 0.3) is 0 Å². The van der Waals surface area contributed by atoms with Gasteiger partial charge in [-0.25, -0.2) is 18.4 Å². The molecule has 0 spiro atoms. The zero-order valence-corrected chi connectivity index (χ0v) is 13.9. The molecule has 21 heavy (non-hydrogen) atoms. The second-order valence-electron chi connectivity index (χ2n) is 5.90. The lowest BCUT2D eigenvalue weighted by Crippen LogP contribution is -2.47. The molecule has 0 aromatic carbocycles. The van der Waals surface area contributed by atoms with Gasteiger partial charge < -0.3 is 10.2 Å². The highest BCUT2D eigenvalue weighted by atomic mass is 32.2. The molecule has 1 saturated heterocycles. The predicted molar refractivity (Wildman–Crippen MR) is 84.3 cm³/mol.